The van der Waals surface area contributed by atoms with Gasteiger partial charge in [-0.05, 0) is 65.6 Å². The number of nitrogens with one attached hydrogen (secondary N) is 1. The molecule has 2 aliphatic rings. The molecule has 3 amide bonds. The predicted molar refractivity (Wildman–Crippen MR) is 139 cm³/mol. The molecule has 3 heterocycles. The number of furan rings is 1. The highest BCUT2D eigenvalue weighted by molar-refractivity contribution is 6.07. The SMILES string of the molecule is O=C(Nc1ccc(C(=O)N2CCc3ccccc32)cc1)C1Cc2ccccc2CN1C(=O)c1ccco1. The van der Waals surface area contributed by atoms with Crippen LogP contribution in [0.4, 0.5) is 11.4 Å². The van der Waals surface area contributed by atoms with Gasteiger partial charge < -0.3 is 19.5 Å². The normalized spacial score (nSPS) is 16.2. The average molecular weight is 492 g/mol. The van der Waals surface area contributed by atoms with Gasteiger partial charge in [-0.1, -0.05) is 42.5 Å². The number of hydrogen-bond donors (Lipinski definition) is 1. The largest absolute Gasteiger partial charge is 0.459 e. The maximum atomic E-state index is 13.4. The van der Waals surface area contributed by atoms with Gasteiger partial charge in [-0.2, -0.15) is 0 Å². The highest BCUT2D eigenvalue weighted by atomic mass is 16.3. The first-order valence-electron chi connectivity index (χ1n) is 12.3. The van der Waals surface area contributed by atoms with Crippen LogP contribution in [-0.4, -0.2) is 35.2 Å². The molecular weight excluding hydrogens is 466 g/mol. The molecule has 184 valence electrons. The Bertz CT molecular complexity index is 1480. The Balaban J connectivity index is 1.20. The molecule has 6 rings (SSSR count). The van der Waals surface area contributed by atoms with Gasteiger partial charge in [-0.3, -0.25) is 14.4 Å². The lowest BCUT2D eigenvalue weighted by molar-refractivity contribution is -0.121. The number of fused-ring (bicyclic) bond motifs is 2. The molecule has 0 fully saturated rings. The molecule has 7 heteroatoms. The zero-order valence-corrected chi connectivity index (χ0v) is 20.1. The quantitative estimate of drug-likeness (QED) is 0.449. The summed E-state index contributed by atoms with van der Waals surface area (Å²) < 4.78 is 5.32. The summed E-state index contributed by atoms with van der Waals surface area (Å²) >= 11 is 0. The second-order valence-electron chi connectivity index (χ2n) is 9.30. The first-order valence-corrected chi connectivity index (χ1v) is 12.3. The van der Waals surface area contributed by atoms with E-state index < -0.39 is 6.04 Å². The van der Waals surface area contributed by atoms with E-state index in [9.17, 15) is 14.4 Å². The zero-order chi connectivity index (χ0) is 25.4. The monoisotopic (exact) mass is 491 g/mol. The number of carbonyl (C=O) groups is 3. The minimum absolute atomic E-state index is 0.0677. The summed E-state index contributed by atoms with van der Waals surface area (Å²) in [5.74, 6) is -0.487. The third-order valence-corrected chi connectivity index (χ3v) is 7.08. The van der Waals surface area contributed by atoms with Crippen molar-refractivity contribution in [2.24, 2.45) is 0 Å². The van der Waals surface area contributed by atoms with Crippen LogP contribution in [-0.2, 0) is 24.2 Å². The summed E-state index contributed by atoms with van der Waals surface area (Å²) in [4.78, 5) is 43.1. The van der Waals surface area contributed by atoms with Gasteiger partial charge in [-0.15, -0.1) is 0 Å². The number of nitrogens with zero attached hydrogens (tertiary/aromatic N) is 2. The van der Waals surface area contributed by atoms with Crippen LogP contribution in [0, 0.1) is 0 Å². The summed E-state index contributed by atoms with van der Waals surface area (Å²) in [5, 5.41) is 2.94. The van der Waals surface area contributed by atoms with Crippen LogP contribution in [0.2, 0.25) is 0 Å². The number of benzene rings is 3. The van der Waals surface area contributed by atoms with E-state index >= 15 is 0 Å². The molecule has 0 saturated heterocycles. The molecule has 1 aromatic heterocycles. The van der Waals surface area contributed by atoms with Crippen LogP contribution in [0.5, 0.6) is 0 Å². The summed E-state index contributed by atoms with van der Waals surface area (Å²) in [6.45, 7) is 0.970. The third kappa shape index (κ3) is 4.29. The summed E-state index contributed by atoms with van der Waals surface area (Å²) in [5.41, 5.74) is 5.28. The van der Waals surface area contributed by atoms with Gasteiger partial charge in [0.05, 0.1) is 6.26 Å². The smallest absolute Gasteiger partial charge is 0.290 e. The fourth-order valence-corrected chi connectivity index (χ4v) is 5.14. The molecule has 3 aromatic carbocycles. The number of para-hydroxylation sites is 1. The van der Waals surface area contributed by atoms with Crippen molar-refractivity contribution in [1.82, 2.24) is 4.90 Å². The Hall–Kier alpha value is -4.65. The molecule has 1 atom stereocenters. The van der Waals surface area contributed by atoms with Crippen LogP contribution in [0.15, 0.2) is 95.6 Å². The van der Waals surface area contributed by atoms with E-state index in [4.69, 9.17) is 4.42 Å². The van der Waals surface area contributed by atoms with Gasteiger partial charge >= 0.3 is 0 Å². The average Bonchev–Trinajstić information content (AvgIpc) is 3.63. The van der Waals surface area contributed by atoms with Crippen molar-refractivity contribution in [2.75, 3.05) is 16.8 Å². The van der Waals surface area contributed by atoms with Crippen LogP contribution < -0.4 is 10.2 Å². The molecule has 1 N–H and O–H groups in total. The molecule has 7 nitrogen and oxygen atoms in total. The first kappa shape index (κ1) is 22.8. The molecule has 37 heavy (non-hydrogen) atoms. The van der Waals surface area contributed by atoms with Gasteiger partial charge in [0.1, 0.15) is 6.04 Å². The Morgan fingerprint density at radius 1 is 0.784 bits per heavy atom. The Labute approximate surface area is 214 Å². The van der Waals surface area contributed by atoms with E-state index in [1.54, 1.807) is 46.2 Å². The molecule has 4 aromatic rings. The number of amides is 3. The molecule has 0 aliphatic carbocycles. The van der Waals surface area contributed by atoms with Crippen LogP contribution in [0.25, 0.3) is 0 Å². The summed E-state index contributed by atoms with van der Waals surface area (Å²) in [7, 11) is 0. The van der Waals surface area contributed by atoms with Crippen molar-refractivity contribution in [2.45, 2.75) is 25.4 Å². The van der Waals surface area contributed by atoms with E-state index in [0.29, 0.717) is 30.8 Å². The molecular formula is C30H25N3O4. The molecule has 0 spiro atoms. The molecule has 2 aliphatic heterocycles. The van der Waals surface area contributed by atoms with Crippen LogP contribution in [0.1, 0.15) is 37.6 Å². The van der Waals surface area contributed by atoms with E-state index in [-0.39, 0.29) is 23.5 Å². The Morgan fingerprint density at radius 2 is 1.51 bits per heavy atom. The molecule has 0 bridgehead atoms. The van der Waals surface area contributed by atoms with E-state index in [2.05, 4.69) is 5.32 Å². The summed E-state index contributed by atoms with van der Waals surface area (Å²) in [6, 6.07) is 25.2. The summed E-state index contributed by atoms with van der Waals surface area (Å²) in [6.07, 6.45) is 2.69. The fraction of sp³-hybridized carbons (Fsp3) is 0.167. The maximum absolute atomic E-state index is 13.4. The zero-order valence-electron chi connectivity index (χ0n) is 20.1. The predicted octanol–water partition coefficient (Wildman–Crippen LogP) is 4.69. The number of anilines is 2. The lowest BCUT2D eigenvalue weighted by Crippen LogP contribution is -2.50. The van der Waals surface area contributed by atoms with Gasteiger partial charge in [-0.25, -0.2) is 0 Å². The second-order valence-corrected chi connectivity index (χ2v) is 9.30. The van der Waals surface area contributed by atoms with Gasteiger partial charge in [0.25, 0.3) is 11.8 Å². The van der Waals surface area contributed by atoms with Crippen molar-refractivity contribution in [1.29, 1.82) is 0 Å². The van der Waals surface area contributed by atoms with Gasteiger partial charge in [0, 0.05) is 36.4 Å². The van der Waals surface area contributed by atoms with Crippen LogP contribution >= 0.6 is 0 Å². The first-order chi connectivity index (χ1) is 18.1. The Morgan fingerprint density at radius 3 is 2.27 bits per heavy atom. The van der Waals surface area contributed by atoms with Crippen LogP contribution in [0.3, 0.4) is 0 Å². The highest BCUT2D eigenvalue weighted by Gasteiger charge is 2.36. The second kappa shape index (κ2) is 9.43. The molecule has 0 saturated carbocycles. The number of rotatable bonds is 4. The molecule has 1 unspecified atom stereocenters. The number of carbonyl (C=O) groups excluding carboxylic acids is 3. The van der Waals surface area contributed by atoms with Gasteiger partial charge in [0.2, 0.25) is 5.91 Å². The van der Waals surface area contributed by atoms with Crippen molar-refractivity contribution in [3.63, 3.8) is 0 Å². The van der Waals surface area contributed by atoms with Crippen molar-refractivity contribution < 1.29 is 18.8 Å². The lowest BCUT2D eigenvalue weighted by Gasteiger charge is -2.35. The van der Waals surface area contributed by atoms with Gasteiger partial charge in [0.15, 0.2) is 5.76 Å². The molecule has 0 radical (unpaired) electrons. The number of hydrogen-bond acceptors (Lipinski definition) is 4. The van der Waals surface area contributed by atoms with E-state index in [0.717, 1.165) is 23.2 Å². The standard InChI is InChI=1S/C30H25N3O4/c34-28(26-18-22-7-1-2-8-23(22)19-33(26)30(36)27-10-5-17-37-27)31-24-13-11-21(12-14-24)29(35)32-16-15-20-6-3-4-9-25(20)32/h1-14,17,26H,15-16,18-19H2,(H,31,34). The Kier molecular flexibility index (Phi) is 5.81. The van der Waals surface area contributed by atoms with Crippen molar-refractivity contribution in [3.05, 3.63) is 119 Å². The fourth-order valence-electron chi connectivity index (χ4n) is 5.14. The lowest BCUT2D eigenvalue weighted by atomic mass is 9.93. The minimum atomic E-state index is -0.699. The topological polar surface area (TPSA) is 82.9 Å². The minimum Gasteiger partial charge on any atom is -0.459 e. The highest BCUT2D eigenvalue weighted by Crippen LogP contribution is 2.29. The third-order valence-electron chi connectivity index (χ3n) is 7.08. The van der Waals surface area contributed by atoms with E-state index in [1.807, 2.05) is 48.5 Å². The van der Waals surface area contributed by atoms with Crippen molar-refractivity contribution in [3.8, 4) is 0 Å². The van der Waals surface area contributed by atoms with E-state index in [1.165, 1.54) is 11.8 Å². The van der Waals surface area contributed by atoms with Crippen molar-refractivity contribution >= 4 is 29.1 Å². The maximum Gasteiger partial charge on any atom is 0.290 e.